The van der Waals surface area contributed by atoms with Gasteiger partial charge in [0.25, 0.3) is 0 Å². The van der Waals surface area contributed by atoms with E-state index in [2.05, 4.69) is 119 Å². The minimum atomic E-state index is 0.526. The van der Waals surface area contributed by atoms with Crippen molar-refractivity contribution < 1.29 is 0 Å². The average Bonchev–Trinajstić information content (AvgIpc) is 3.67. The average molecular weight is 621 g/mol. The maximum Gasteiger partial charge on any atom is 0.0992 e. The predicted octanol–water partition coefficient (Wildman–Crippen LogP) is 10.5. The molecule has 47 heavy (non-hydrogen) atoms. The number of thioether (sulfide) groups is 1. The standard InChI is InChI=1S/C42H28N4S/c1-44-40(30-15-6-3-7-16-30)42-41(45-27-28-13-4-2-5-14-28)39-33(19-12-22-38(39)47-42)31-23-29(26-43)24-32(25-31)46-36-20-10-8-17-34(36)35-18-9-11-21-37(35)46/h2-25H,1,27H2/b42-40+,45-41?. The van der Waals surface area contributed by atoms with E-state index in [0.717, 1.165) is 65.7 Å². The highest BCUT2D eigenvalue weighted by Crippen LogP contribution is 2.48. The summed E-state index contributed by atoms with van der Waals surface area (Å²) in [5.41, 5.74) is 10.6. The number of nitriles is 1. The second-order valence-corrected chi connectivity index (χ2v) is 12.4. The minimum Gasteiger partial charge on any atom is -0.309 e. The Morgan fingerprint density at radius 3 is 2.06 bits per heavy atom. The van der Waals surface area contributed by atoms with Crippen LogP contribution in [0.25, 0.3) is 44.3 Å². The van der Waals surface area contributed by atoms with Crippen LogP contribution in [0.2, 0.25) is 0 Å². The molecular weight excluding hydrogens is 593 g/mol. The van der Waals surface area contributed by atoms with Gasteiger partial charge in [-0.25, -0.2) is 0 Å². The molecule has 6 aromatic carbocycles. The molecule has 5 heteroatoms. The molecule has 0 bridgehead atoms. The van der Waals surface area contributed by atoms with Crippen molar-refractivity contribution in [2.45, 2.75) is 11.4 Å². The number of aliphatic imine (C=N–C) groups is 2. The number of benzene rings is 6. The topological polar surface area (TPSA) is 53.4 Å². The Morgan fingerprint density at radius 2 is 1.38 bits per heavy atom. The molecule has 7 aromatic rings. The van der Waals surface area contributed by atoms with Crippen molar-refractivity contribution >= 4 is 51.7 Å². The number of nitrogens with zero attached hydrogens (tertiary/aromatic N) is 4. The summed E-state index contributed by atoms with van der Waals surface area (Å²) < 4.78 is 2.26. The molecule has 0 N–H and O–H groups in total. The third kappa shape index (κ3) is 5.06. The van der Waals surface area contributed by atoms with Crippen molar-refractivity contribution in [2.75, 3.05) is 0 Å². The molecule has 1 aliphatic rings. The molecule has 2 heterocycles. The lowest BCUT2D eigenvalue weighted by Gasteiger charge is -2.14. The summed E-state index contributed by atoms with van der Waals surface area (Å²) in [6.07, 6.45) is 0. The highest BCUT2D eigenvalue weighted by molar-refractivity contribution is 8.05. The van der Waals surface area contributed by atoms with Crippen LogP contribution in [0.5, 0.6) is 0 Å². The zero-order valence-electron chi connectivity index (χ0n) is 25.5. The third-order valence-corrected chi connectivity index (χ3v) is 9.72. The zero-order valence-corrected chi connectivity index (χ0v) is 26.3. The molecule has 1 aliphatic heterocycles. The van der Waals surface area contributed by atoms with Gasteiger partial charge in [-0.05, 0) is 59.8 Å². The first-order valence-electron chi connectivity index (χ1n) is 15.4. The highest BCUT2D eigenvalue weighted by Gasteiger charge is 2.30. The number of hydrogen-bond acceptors (Lipinski definition) is 4. The van der Waals surface area contributed by atoms with Gasteiger partial charge in [0.1, 0.15) is 0 Å². The van der Waals surface area contributed by atoms with E-state index in [0.29, 0.717) is 12.1 Å². The van der Waals surface area contributed by atoms with Crippen molar-refractivity contribution in [3.8, 4) is 22.9 Å². The lowest BCUT2D eigenvalue weighted by molar-refractivity contribution is 1.07. The van der Waals surface area contributed by atoms with Gasteiger partial charge in [0.15, 0.2) is 0 Å². The number of hydrogen-bond donors (Lipinski definition) is 0. The van der Waals surface area contributed by atoms with Crippen molar-refractivity contribution in [1.29, 1.82) is 5.26 Å². The monoisotopic (exact) mass is 620 g/mol. The van der Waals surface area contributed by atoms with Gasteiger partial charge < -0.3 is 4.57 Å². The second-order valence-electron chi connectivity index (χ2n) is 11.4. The molecular formula is C42H28N4S. The molecule has 0 saturated heterocycles. The first-order chi connectivity index (χ1) is 23.2. The van der Waals surface area contributed by atoms with Crippen LogP contribution in [0, 0.1) is 11.3 Å². The fourth-order valence-corrected chi connectivity index (χ4v) is 7.71. The Bertz CT molecular complexity index is 2380. The Labute approximate surface area is 277 Å². The van der Waals surface area contributed by atoms with Gasteiger partial charge in [-0.3, -0.25) is 9.98 Å². The maximum atomic E-state index is 10.3. The molecule has 0 amide bonds. The Balaban J connectivity index is 1.36. The van der Waals surface area contributed by atoms with Gasteiger partial charge in [-0.15, -0.1) is 0 Å². The summed E-state index contributed by atoms with van der Waals surface area (Å²) in [6, 6.07) is 52.3. The molecule has 0 radical (unpaired) electrons. The van der Waals surface area contributed by atoms with Crippen molar-refractivity contribution in [1.82, 2.24) is 4.57 Å². The van der Waals surface area contributed by atoms with Gasteiger partial charge >= 0.3 is 0 Å². The fraction of sp³-hybridized carbons (Fsp3) is 0.0238. The number of fused-ring (bicyclic) bond motifs is 4. The van der Waals surface area contributed by atoms with Gasteiger partial charge in [0.05, 0.1) is 45.5 Å². The van der Waals surface area contributed by atoms with E-state index >= 15 is 0 Å². The minimum absolute atomic E-state index is 0.526. The summed E-state index contributed by atoms with van der Waals surface area (Å²) in [5.74, 6) is 0. The molecule has 222 valence electrons. The summed E-state index contributed by atoms with van der Waals surface area (Å²) in [7, 11) is 0. The van der Waals surface area contributed by atoms with E-state index in [1.807, 2.05) is 48.5 Å². The van der Waals surface area contributed by atoms with E-state index in [-0.39, 0.29) is 0 Å². The first-order valence-corrected chi connectivity index (χ1v) is 16.3. The van der Waals surface area contributed by atoms with Crippen molar-refractivity contribution in [3.05, 3.63) is 173 Å². The largest absolute Gasteiger partial charge is 0.309 e. The Kier molecular flexibility index (Phi) is 7.33. The smallest absolute Gasteiger partial charge is 0.0992 e. The Hall–Kier alpha value is -5.96. The molecule has 0 unspecified atom stereocenters. The molecule has 1 aromatic heterocycles. The van der Waals surface area contributed by atoms with Gasteiger partial charge in [0, 0.05) is 32.5 Å². The van der Waals surface area contributed by atoms with Crippen LogP contribution in [0.3, 0.4) is 0 Å². The van der Waals surface area contributed by atoms with Crippen LogP contribution in [0.1, 0.15) is 22.3 Å². The van der Waals surface area contributed by atoms with Gasteiger partial charge in [-0.2, -0.15) is 5.26 Å². The second kappa shape index (κ2) is 12.1. The molecule has 0 saturated carbocycles. The number of aromatic nitrogens is 1. The molecule has 8 rings (SSSR count). The van der Waals surface area contributed by atoms with E-state index in [4.69, 9.17) is 4.99 Å². The quantitative estimate of drug-likeness (QED) is 0.174. The molecule has 4 nitrogen and oxygen atoms in total. The molecule has 0 fully saturated rings. The van der Waals surface area contributed by atoms with Crippen LogP contribution >= 0.6 is 11.8 Å². The fourth-order valence-electron chi connectivity index (χ4n) is 6.49. The van der Waals surface area contributed by atoms with Crippen LogP contribution in [-0.2, 0) is 6.54 Å². The van der Waals surface area contributed by atoms with E-state index in [9.17, 15) is 5.26 Å². The lowest BCUT2D eigenvalue weighted by atomic mass is 9.94. The molecule has 0 atom stereocenters. The van der Waals surface area contributed by atoms with Crippen LogP contribution in [0.15, 0.2) is 165 Å². The SMILES string of the molecule is C=N/C(=C1/Sc2cccc(-c3cc(C#N)cc(-n4c5ccccc5c5ccccc54)c3)c2C1=NCc1ccccc1)c1ccccc1. The predicted molar refractivity (Wildman–Crippen MR) is 196 cm³/mol. The van der Waals surface area contributed by atoms with Crippen LogP contribution in [-0.4, -0.2) is 17.0 Å². The summed E-state index contributed by atoms with van der Waals surface area (Å²) in [6.45, 7) is 4.50. The zero-order chi connectivity index (χ0) is 31.7. The first kappa shape index (κ1) is 28.5. The summed E-state index contributed by atoms with van der Waals surface area (Å²) >= 11 is 1.68. The summed E-state index contributed by atoms with van der Waals surface area (Å²) in [4.78, 5) is 11.9. The number of para-hydroxylation sites is 2. The van der Waals surface area contributed by atoms with E-state index in [1.54, 1.807) is 11.8 Å². The third-order valence-electron chi connectivity index (χ3n) is 8.57. The van der Waals surface area contributed by atoms with Crippen LogP contribution < -0.4 is 0 Å². The van der Waals surface area contributed by atoms with Crippen LogP contribution in [0.4, 0.5) is 0 Å². The number of allylic oxidation sites excluding steroid dienone is 1. The van der Waals surface area contributed by atoms with E-state index < -0.39 is 0 Å². The number of rotatable bonds is 6. The highest BCUT2D eigenvalue weighted by atomic mass is 32.2. The van der Waals surface area contributed by atoms with Gasteiger partial charge in [0.2, 0.25) is 0 Å². The lowest BCUT2D eigenvalue weighted by Crippen LogP contribution is -2.04. The van der Waals surface area contributed by atoms with E-state index in [1.165, 1.54) is 10.8 Å². The molecule has 0 spiro atoms. The Morgan fingerprint density at radius 1 is 0.723 bits per heavy atom. The normalized spacial score (nSPS) is 14.3. The molecule has 0 aliphatic carbocycles. The van der Waals surface area contributed by atoms with Gasteiger partial charge in [-0.1, -0.05) is 121 Å². The van der Waals surface area contributed by atoms with Crippen molar-refractivity contribution in [3.63, 3.8) is 0 Å². The summed E-state index contributed by atoms with van der Waals surface area (Å²) in [5, 5.41) is 12.6. The van der Waals surface area contributed by atoms with Crippen molar-refractivity contribution in [2.24, 2.45) is 9.98 Å². The maximum absolute atomic E-state index is 10.3.